The van der Waals surface area contributed by atoms with Crippen LogP contribution in [0, 0.1) is 0 Å². The highest BCUT2D eigenvalue weighted by Gasteiger charge is 2.38. The summed E-state index contributed by atoms with van der Waals surface area (Å²) >= 11 is 12.3. The van der Waals surface area contributed by atoms with Crippen LogP contribution >= 0.6 is 23.2 Å². The quantitative estimate of drug-likeness (QED) is 0.738. The molecule has 0 saturated carbocycles. The van der Waals surface area contributed by atoms with E-state index in [-0.39, 0.29) is 22.7 Å². The lowest BCUT2D eigenvalue weighted by atomic mass is 10.1. The van der Waals surface area contributed by atoms with Crippen LogP contribution < -0.4 is 9.21 Å². The number of carbonyl (C=O) groups is 1. The standard InChI is InChI=1S/C19H20Cl2N2O3S/c1-12-10-14-6-4-5-7-17(14)22(12)19(24)13(2)23(27(3,25)26)18-11-15(20)8-9-16(18)21/h4-9,11-13H,10H2,1-3H3/t12-,13+/m0/s1. The van der Waals surface area contributed by atoms with E-state index in [2.05, 4.69) is 0 Å². The van der Waals surface area contributed by atoms with Crippen LogP contribution in [-0.4, -0.2) is 32.7 Å². The topological polar surface area (TPSA) is 57.7 Å². The Labute approximate surface area is 169 Å². The van der Waals surface area contributed by atoms with Gasteiger partial charge in [-0.05, 0) is 50.1 Å². The highest BCUT2D eigenvalue weighted by molar-refractivity contribution is 7.92. The van der Waals surface area contributed by atoms with E-state index in [9.17, 15) is 13.2 Å². The summed E-state index contributed by atoms with van der Waals surface area (Å²) in [6.07, 6.45) is 1.78. The Morgan fingerprint density at radius 2 is 1.89 bits per heavy atom. The van der Waals surface area contributed by atoms with Gasteiger partial charge in [0.1, 0.15) is 6.04 Å². The first kappa shape index (κ1) is 20.0. The van der Waals surface area contributed by atoms with Crippen LogP contribution in [0.25, 0.3) is 0 Å². The minimum atomic E-state index is -3.78. The average molecular weight is 427 g/mol. The highest BCUT2D eigenvalue weighted by atomic mass is 35.5. The zero-order valence-corrected chi connectivity index (χ0v) is 17.5. The summed E-state index contributed by atoms with van der Waals surface area (Å²) < 4.78 is 26.1. The van der Waals surface area contributed by atoms with E-state index >= 15 is 0 Å². The average Bonchev–Trinajstić information content (AvgIpc) is 2.92. The number of rotatable bonds is 4. The van der Waals surface area contributed by atoms with Gasteiger partial charge in [0.25, 0.3) is 5.91 Å². The molecule has 0 aliphatic carbocycles. The number of amides is 1. The number of carbonyl (C=O) groups excluding carboxylic acids is 1. The summed E-state index contributed by atoms with van der Waals surface area (Å²) in [5, 5.41) is 0.543. The van der Waals surface area contributed by atoms with Crippen LogP contribution in [0.4, 0.5) is 11.4 Å². The van der Waals surface area contributed by atoms with E-state index in [0.717, 1.165) is 28.2 Å². The third-order valence-electron chi connectivity index (χ3n) is 4.66. The highest BCUT2D eigenvalue weighted by Crippen LogP contribution is 2.36. The lowest BCUT2D eigenvalue weighted by Crippen LogP contribution is -2.51. The van der Waals surface area contributed by atoms with Crippen LogP contribution in [-0.2, 0) is 21.2 Å². The Hall–Kier alpha value is -1.76. The van der Waals surface area contributed by atoms with Gasteiger partial charge in [-0.2, -0.15) is 0 Å². The summed E-state index contributed by atoms with van der Waals surface area (Å²) in [6, 6.07) is 11.1. The Bertz CT molecular complexity index is 994. The molecular weight excluding hydrogens is 407 g/mol. The number of hydrogen-bond acceptors (Lipinski definition) is 3. The monoisotopic (exact) mass is 426 g/mol. The summed E-state index contributed by atoms with van der Waals surface area (Å²) in [7, 11) is -3.78. The molecule has 0 radical (unpaired) electrons. The van der Waals surface area contributed by atoms with Gasteiger partial charge in [0.05, 0.1) is 17.0 Å². The number of hydrogen-bond donors (Lipinski definition) is 0. The molecule has 1 heterocycles. The van der Waals surface area contributed by atoms with Crippen LogP contribution in [0.5, 0.6) is 0 Å². The maximum absolute atomic E-state index is 13.3. The van der Waals surface area contributed by atoms with Gasteiger partial charge < -0.3 is 4.90 Å². The van der Waals surface area contributed by atoms with Crippen molar-refractivity contribution in [2.45, 2.75) is 32.4 Å². The van der Waals surface area contributed by atoms with Gasteiger partial charge in [-0.3, -0.25) is 9.10 Å². The van der Waals surface area contributed by atoms with Crippen LogP contribution in [0.15, 0.2) is 42.5 Å². The second-order valence-electron chi connectivity index (χ2n) is 6.72. The number of halogens is 2. The number of para-hydroxylation sites is 1. The molecule has 2 aromatic rings. The summed E-state index contributed by atoms with van der Waals surface area (Å²) in [5.41, 5.74) is 2.07. The third kappa shape index (κ3) is 3.79. The summed E-state index contributed by atoms with van der Waals surface area (Å²) in [6.45, 7) is 3.51. The maximum atomic E-state index is 13.3. The summed E-state index contributed by atoms with van der Waals surface area (Å²) in [5.74, 6) is -0.311. The Morgan fingerprint density at radius 1 is 1.22 bits per heavy atom. The van der Waals surface area contributed by atoms with Crippen LogP contribution in [0.1, 0.15) is 19.4 Å². The Balaban J connectivity index is 2.04. The van der Waals surface area contributed by atoms with Crippen molar-refractivity contribution in [1.29, 1.82) is 0 Å². The van der Waals surface area contributed by atoms with E-state index in [1.165, 1.54) is 12.1 Å². The fourth-order valence-corrected chi connectivity index (χ4v) is 5.13. The first-order valence-electron chi connectivity index (χ1n) is 8.46. The molecule has 0 N–H and O–H groups in total. The molecule has 0 bridgehead atoms. The number of sulfonamides is 1. The number of anilines is 2. The molecule has 0 aromatic heterocycles. The van der Waals surface area contributed by atoms with Crippen molar-refractivity contribution < 1.29 is 13.2 Å². The minimum absolute atomic E-state index is 0.0615. The van der Waals surface area contributed by atoms with Crippen molar-refractivity contribution >= 4 is 50.5 Å². The lowest BCUT2D eigenvalue weighted by molar-refractivity contribution is -0.119. The molecular formula is C19H20Cl2N2O3S. The zero-order chi connectivity index (χ0) is 19.9. The third-order valence-corrected chi connectivity index (χ3v) is 6.44. The molecule has 27 heavy (non-hydrogen) atoms. The molecule has 144 valence electrons. The Morgan fingerprint density at radius 3 is 2.56 bits per heavy atom. The van der Waals surface area contributed by atoms with Crippen LogP contribution in [0.2, 0.25) is 10.0 Å². The van der Waals surface area contributed by atoms with E-state index in [0.29, 0.717) is 5.02 Å². The van der Waals surface area contributed by atoms with Gasteiger partial charge in [0, 0.05) is 16.8 Å². The molecule has 3 rings (SSSR count). The molecule has 8 heteroatoms. The smallest absolute Gasteiger partial charge is 0.250 e. The molecule has 2 aromatic carbocycles. The SMILES string of the molecule is C[C@H](C(=O)N1c2ccccc2C[C@@H]1C)N(c1cc(Cl)ccc1Cl)S(C)(=O)=O. The van der Waals surface area contributed by atoms with Crippen molar-refractivity contribution in [1.82, 2.24) is 0 Å². The van der Waals surface area contributed by atoms with Crippen molar-refractivity contribution in [2.24, 2.45) is 0 Å². The van der Waals surface area contributed by atoms with E-state index < -0.39 is 16.1 Å². The molecule has 1 amide bonds. The van der Waals surface area contributed by atoms with Gasteiger partial charge in [-0.15, -0.1) is 0 Å². The van der Waals surface area contributed by atoms with Gasteiger partial charge in [0.15, 0.2) is 0 Å². The predicted octanol–water partition coefficient (Wildman–Crippen LogP) is 4.13. The zero-order valence-electron chi connectivity index (χ0n) is 15.2. The normalized spacial score (nSPS) is 17.5. The van der Waals surface area contributed by atoms with E-state index in [1.54, 1.807) is 17.9 Å². The molecule has 0 saturated heterocycles. The van der Waals surface area contributed by atoms with Crippen molar-refractivity contribution in [3.05, 3.63) is 58.1 Å². The van der Waals surface area contributed by atoms with Gasteiger partial charge in [-0.25, -0.2) is 8.42 Å². The van der Waals surface area contributed by atoms with Gasteiger partial charge in [0.2, 0.25) is 10.0 Å². The fraction of sp³-hybridized carbons (Fsp3) is 0.316. The van der Waals surface area contributed by atoms with Gasteiger partial charge >= 0.3 is 0 Å². The predicted molar refractivity (Wildman–Crippen MR) is 110 cm³/mol. The number of fused-ring (bicyclic) bond motifs is 1. The number of nitrogens with zero attached hydrogens (tertiary/aromatic N) is 2. The van der Waals surface area contributed by atoms with Crippen molar-refractivity contribution in [2.75, 3.05) is 15.5 Å². The first-order valence-corrected chi connectivity index (χ1v) is 11.1. The van der Waals surface area contributed by atoms with E-state index in [1.807, 2.05) is 31.2 Å². The molecule has 0 spiro atoms. The molecule has 1 aliphatic heterocycles. The van der Waals surface area contributed by atoms with Crippen molar-refractivity contribution in [3.63, 3.8) is 0 Å². The van der Waals surface area contributed by atoms with Crippen molar-refractivity contribution in [3.8, 4) is 0 Å². The second kappa shape index (κ2) is 7.34. The second-order valence-corrected chi connectivity index (χ2v) is 9.42. The Kier molecular flexibility index (Phi) is 5.43. The maximum Gasteiger partial charge on any atom is 0.250 e. The minimum Gasteiger partial charge on any atom is -0.307 e. The fourth-order valence-electron chi connectivity index (χ4n) is 3.53. The largest absolute Gasteiger partial charge is 0.307 e. The first-order chi connectivity index (χ1) is 12.6. The van der Waals surface area contributed by atoms with E-state index in [4.69, 9.17) is 23.2 Å². The molecule has 2 atom stereocenters. The van der Waals surface area contributed by atoms with Gasteiger partial charge in [-0.1, -0.05) is 41.4 Å². The summed E-state index contributed by atoms with van der Waals surface area (Å²) in [4.78, 5) is 15.0. The number of benzene rings is 2. The molecule has 5 nitrogen and oxygen atoms in total. The lowest BCUT2D eigenvalue weighted by Gasteiger charge is -2.33. The molecule has 0 unspecified atom stereocenters. The van der Waals surface area contributed by atoms with Crippen LogP contribution in [0.3, 0.4) is 0 Å². The molecule has 0 fully saturated rings. The molecule has 1 aliphatic rings.